The maximum absolute atomic E-state index is 12.3. The van der Waals surface area contributed by atoms with E-state index in [-0.39, 0.29) is 24.8 Å². The average Bonchev–Trinajstić information content (AvgIpc) is 2.88. The van der Waals surface area contributed by atoms with E-state index >= 15 is 0 Å². The van der Waals surface area contributed by atoms with Crippen molar-refractivity contribution >= 4 is 23.4 Å². The number of hydrogen-bond acceptors (Lipinski definition) is 4. The number of rotatable bonds is 5. The summed E-state index contributed by atoms with van der Waals surface area (Å²) in [4.78, 5) is 37.4. The predicted octanol–water partition coefficient (Wildman–Crippen LogP) is 0.428. The van der Waals surface area contributed by atoms with Crippen LogP contribution in [0.5, 0.6) is 5.75 Å². The van der Waals surface area contributed by atoms with Crippen LogP contribution in [0.4, 0.5) is 5.69 Å². The molecular weight excluding hydrogens is 298 g/mol. The molecule has 0 unspecified atom stereocenters. The Morgan fingerprint density at radius 3 is 2.61 bits per heavy atom. The van der Waals surface area contributed by atoms with Gasteiger partial charge in [0.2, 0.25) is 17.7 Å². The van der Waals surface area contributed by atoms with Gasteiger partial charge in [-0.25, -0.2) is 0 Å². The van der Waals surface area contributed by atoms with Gasteiger partial charge in [0.05, 0.1) is 18.7 Å². The Bertz CT molecular complexity index is 642. The van der Waals surface area contributed by atoms with Gasteiger partial charge in [-0.1, -0.05) is 12.1 Å². The fourth-order valence-electron chi connectivity index (χ4n) is 2.44. The molecule has 0 aliphatic carbocycles. The number of benzene rings is 1. The molecule has 1 aromatic carbocycles. The molecule has 0 saturated carbocycles. The molecule has 0 bridgehead atoms. The number of carbonyl (C=O) groups excluding carboxylic acids is 3. The number of primary amides is 1. The van der Waals surface area contributed by atoms with E-state index < -0.39 is 17.4 Å². The molecule has 3 amide bonds. The highest BCUT2D eigenvalue weighted by atomic mass is 16.5. The minimum Gasteiger partial charge on any atom is -0.495 e. The van der Waals surface area contributed by atoms with Crippen molar-refractivity contribution in [2.45, 2.75) is 25.8 Å². The van der Waals surface area contributed by atoms with Crippen LogP contribution in [0.3, 0.4) is 0 Å². The summed E-state index contributed by atoms with van der Waals surface area (Å²) in [6.07, 6.45) is 0.0821. The van der Waals surface area contributed by atoms with Gasteiger partial charge < -0.3 is 20.7 Å². The van der Waals surface area contributed by atoms with Crippen molar-refractivity contribution in [2.75, 3.05) is 18.6 Å². The Balaban J connectivity index is 2.14. The second kappa shape index (κ2) is 6.28. The lowest BCUT2D eigenvalue weighted by Gasteiger charge is -2.24. The number of ether oxygens (including phenoxy) is 1. The van der Waals surface area contributed by atoms with Crippen LogP contribution >= 0.6 is 0 Å². The fraction of sp³-hybridized carbons (Fsp3) is 0.438. The number of para-hydroxylation sites is 2. The molecule has 1 aromatic rings. The van der Waals surface area contributed by atoms with Gasteiger partial charge in [0.1, 0.15) is 11.3 Å². The van der Waals surface area contributed by atoms with E-state index in [4.69, 9.17) is 10.5 Å². The first kappa shape index (κ1) is 16.8. The number of hydrogen-bond donors (Lipinski definition) is 2. The predicted molar refractivity (Wildman–Crippen MR) is 84.9 cm³/mol. The summed E-state index contributed by atoms with van der Waals surface area (Å²) in [6.45, 7) is 3.30. The highest BCUT2D eigenvalue weighted by Gasteiger charge is 2.38. The minimum atomic E-state index is -1.15. The summed E-state index contributed by atoms with van der Waals surface area (Å²) in [6, 6.07) is 7.13. The maximum atomic E-state index is 12.3. The van der Waals surface area contributed by atoms with Gasteiger partial charge in [0.25, 0.3) is 0 Å². The van der Waals surface area contributed by atoms with E-state index in [1.165, 1.54) is 25.9 Å². The van der Waals surface area contributed by atoms with Gasteiger partial charge in [-0.15, -0.1) is 0 Å². The summed E-state index contributed by atoms with van der Waals surface area (Å²) < 4.78 is 5.26. The molecule has 3 N–H and O–H groups in total. The molecule has 7 nitrogen and oxygen atoms in total. The molecule has 1 fully saturated rings. The monoisotopic (exact) mass is 319 g/mol. The quantitative estimate of drug-likeness (QED) is 0.821. The topological polar surface area (TPSA) is 102 Å². The first-order chi connectivity index (χ1) is 10.8. The normalized spacial score (nSPS) is 18.0. The van der Waals surface area contributed by atoms with Gasteiger partial charge >= 0.3 is 0 Å². The number of amides is 3. The van der Waals surface area contributed by atoms with Crippen molar-refractivity contribution < 1.29 is 19.1 Å². The summed E-state index contributed by atoms with van der Waals surface area (Å²) in [5.74, 6) is -1.12. The van der Waals surface area contributed by atoms with Crippen molar-refractivity contribution in [1.82, 2.24) is 5.32 Å². The van der Waals surface area contributed by atoms with Crippen molar-refractivity contribution in [3.63, 3.8) is 0 Å². The zero-order chi connectivity index (χ0) is 17.2. The van der Waals surface area contributed by atoms with Crippen LogP contribution in [0.1, 0.15) is 20.3 Å². The minimum absolute atomic E-state index is 0.0821. The lowest BCUT2D eigenvalue weighted by molar-refractivity contribution is -0.132. The number of anilines is 1. The summed E-state index contributed by atoms with van der Waals surface area (Å²) >= 11 is 0. The zero-order valence-electron chi connectivity index (χ0n) is 13.5. The number of carbonyl (C=O) groups is 3. The van der Waals surface area contributed by atoms with Gasteiger partial charge in [0.15, 0.2) is 0 Å². The van der Waals surface area contributed by atoms with Crippen LogP contribution in [-0.4, -0.2) is 36.9 Å². The molecule has 1 heterocycles. The number of nitrogens with one attached hydrogen (secondary N) is 1. The Kier molecular flexibility index (Phi) is 4.58. The van der Waals surface area contributed by atoms with Crippen molar-refractivity contribution in [3.05, 3.63) is 24.3 Å². The van der Waals surface area contributed by atoms with E-state index in [2.05, 4.69) is 5.32 Å². The Morgan fingerprint density at radius 1 is 1.35 bits per heavy atom. The molecule has 0 radical (unpaired) electrons. The molecule has 1 aliphatic rings. The van der Waals surface area contributed by atoms with Crippen LogP contribution in [0.2, 0.25) is 0 Å². The smallest absolute Gasteiger partial charge is 0.242 e. The van der Waals surface area contributed by atoms with Crippen molar-refractivity contribution in [1.29, 1.82) is 0 Å². The summed E-state index contributed by atoms with van der Waals surface area (Å²) in [5, 5.41) is 2.60. The molecule has 7 heteroatoms. The molecule has 1 aliphatic heterocycles. The van der Waals surface area contributed by atoms with E-state index in [1.54, 1.807) is 18.2 Å². The zero-order valence-corrected chi connectivity index (χ0v) is 13.5. The fourth-order valence-corrected chi connectivity index (χ4v) is 2.44. The van der Waals surface area contributed by atoms with Gasteiger partial charge in [0, 0.05) is 13.0 Å². The van der Waals surface area contributed by atoms with Gasteiger partial charge in [-0.05, 0) is 26.0 Å². The third-order valence-electron chi connectivity index (χ3n) is 3.92. The highest BCUT2D eigenvalue weighted by Crippen LogP contribution is 2.32. The van der Waals surface area contributed by atoms with Crippen molar-refractivity contribution in [2.24, 2.45) is 11.7 Å². The summed E-state index contributed by atoms with van der Waals surface area (Å²) in [5.41, 5.74) is 4.73. The first-order valence-corrected chi connectivity index (χ1v) is 7.31. The maximum Gasteiger partial charge on any atom is 0.242 e. The van der Waals surface area contributed by atoms with Crippen LogP contribution in [0.15, 0.2) is 24.3 Å². The molecule has 1 saturated heterocycles. The van der Waals surface area contributed by atoms with E-state index in [9.17, 15) is 14.4 Å². The highest BCUT2D eigenvalue weighted by molar-refractivity contribution is 6.02. The van der Waals surface area contributed by atoms with E-state index in [0.717, 1.165) is 0 Å². The molecule has 0 aromatic heterocycles. The Morgan fingerprint density at radius 2 is 2.00 bits per heavy atom. The second-order valence-corrected chi connectivity index (χ2v) is 6.06. The Labute approximate surface area is 134 Å². The van der Waals surface area contributed by atoms with Crippen LogP contribution in [-0.2, 0) is 14.4 Å². The van der Waals surface area contributed by atoms with Crippen molar-refractivity contribution in [3.8, 4) is 5.75 Å². The third-order valence-corrected chi connectivity index (χ3v) is 3.92. The molecule has 2 rings (SSSR count). The van der Waals surface area contributed by atoms with Crippen LogP contribution in [0.25, 0.3) is 0 Å². The average molecular weight is 319 g/mol. The largest absolute Gasteiger partial charge is 0.495 e. The molecule has 124 valence electrons. The standard InChI is InChI=1S/C16H21N3O4/c1-16(2,15(17)22)18-14(21)10-8-13(20)19(9-10)11-6-4-5-7-12(11)23-3/h4-7,10H,8-9H2,1-3H3,(H2,17,22)(H,18,21)/t10-/m0/s1. The second-order valence-electron chi connectivity index (χ2n) is 6.06. The molecule has 1 atom stereocenters. The SMILES string of the molecule is COc1ccccc1N1C[C@@H](C(=O)NC(C)(C)C(N)=O)CC1=O. The van der Waals surface area contributed by atoms with E-state index in [1.807, 2.05) is 6.07 Å². The first-order valence-electron chi connectivity index (χ1n) is 7.31. The van der Waals surface area contributed by atoms with E-state index in [0.29, 0.717) is 11.4 Å². The number of nitrogens with zero attached hydrogens (tertiary/aromatic N) is 1. The van der Waals surface area contributed by atoms with Gasteiger partial charge in [-0.3, -0.25) is 14.4 Å². The summed E-state index contributed by atoms with van der Waals surface area (Å²) in [7, 11) is 1.53. The number of methoxy groups -OCH3 is 1. The number of nitrogens with two attached hydrogens (primary N) is 1. The lowest BCUT2D eigenvalue weighted by Crippen LogP contribution is -2.54. The lowest BCUT2D eigenvalue weighted by atomic mass is 10.0. The third kappa shape index (κ3) is 3.44. The van der Waals surface area contributed by atoms with Crippen LogP contribution in [0, 0.1) is 5.92 Å². The molecule has 23 heavy (non-hydrogen) atoms. The molecular formula is C16H21N3O4. The van der Waals surface area contributed by atoms with Gasteiger partial charge in [-0.2, -0.15) is 0 Å². The molecule has 0 spiro atoms. The Hall–Kier alpha value is -2.57. The van der Waals surface area contributed by atoms with Crippen LogP contribution < -0.4 is 20.7 Å².